The molecule has 0 atom stereocenters. The van der Waals surface area contributed by atoms with Crippen LogP contribution in [0.2, 0.25) is 0 Å². The Hall–Kier alpha value is -2.57. The molecule has 88 valence electrons. The zero-order chi connectivity index (χ0) is 12.3. The molecule has 0 aliphatic heterocycles. The van der Waals surface area contributed by atoms with E-state index in [0.717, 1.165) is 5.69 Å². The van der Waals surface area contributed by atoms with Gasteiger partial charge in [0.1, 0.15) is 5.75 Å². The van der Waals surface area contributed by atoms with Crippen LogP contribution in [0.15, 0.2) is 33.9 Å². The highest BCUT2D eigenvalue weighted by molar-refractivity contribution is 5.46. The standard InChI is InChI=1S/C10H10N4O3/c1-11-6-2-4-7(5-3-6)17-9-8(15)12-10(16)14-13-9/h2-5,11H,1H3,(H2,12,14,15,16). The molecule has 0 spiro atoms. The van der Waals surface area contributed by atoms with Gasteiger partial charge in [0, 0.05) is 12.7 Å². The Bertz CT molecular complexity index is 614. The van der Waals surface area contributed by atoms with Crippen molar-refractivity contribution in [2.24, 2.45) is 0 Å². The van der Waals surface area contributed by atoms with Gasteiger partial charge >= 0.3 is 17.1 Å². The maximum atomic E-state index is 11.3. The maximum Gasteiger partial charge on any atom is 0.342 e. The van der Waals surface area contributed by atoms with Gasteiger partial charge < -0.3 is 10.1 Å². The van der Waals surface area contributed by atoms with E-state index in [1.54, 1.807) is 31.3 Å². The van der Waals surface area contributed by atoms with Crippen molar-refractivity contribution in [3.63, 3.8) is 0 Å². The molecule has 0 bridgehead atoms. The van der Waals surface area contributed by atoms with Gasteiger partial charge in [-0.1, -0.05) is 0 Å². The first-order valence-electron chi connectivity index (χ1n) is 4.84. The summed E-state index contributed by atoms with van der Waals surface area (Å²) >= 11 is 0. The number of aromatic nitrogens is 3. The lowest BCUT2D eigenvalue weighted by atomic mass is 10.3. The first kappa shape index (κ1) is 10.9. The first-order chi connectivity index (χ1) is 8.19. The van der Waals surface area contributed by atoms with Crippen molar-refractivity contribution < 1.29 is 4.74 Å². The summed E-state index contributed by atoms with van der Waals surface area (Å²) in [6.07, 6.45) is 0. The van der Waals surface area contributed by atoms with E-state index < -0.39 is 11.2 Å². The third-order valence-corrected chi connectivity index (χ3v) is 2.04. The number of rotatable bonds is 3. The Morgan fingerprint density at radius 2 is 1.94 bits per heavy atom. The normalized spacial score (nSPS) is 9.94. The van der Waals surface area contributed by atoms with Gasteiger partial charge in [0.15, 0.2) is 0 Å². The summed E-state index contributed by atoms with van der Waals surface area (Å²) in [4.78, 5) is 24.0. The van der Waals surface area contributed by atoms with E-state index in [2.05, 4.69) is 15.5 Å². The number of hydrogen-bond donors (Lipinski definition) is 3. The Labute approximate surface area is 95.5 Å². The number of anilines is 1. The minimum absolute atomic E-state index is 0.207. The summed E-state index contributed by atoms with van der Waals surface area (Å²) in [5, 5.41) is 8.53. The monoisotopic (exact) mass is 234 g/mol. The fraction of sp³-hybridized carbons (Fsp3) is 0.100. The molecule has 0 radical (unpaired) electrons. The van der Waals surface area contributed by atoms with Crippen molar-refractivity contribution in [2.45, 2.75) is 0 Å². The summed E-state index contributed by atoms with van der Waals surface area (Å²) in [7, 11) is 1.80. The molecule has 2 aromatic rings. The molecule has 2 rings (SSSR count). The highest BCUT2D eigenvalue weighted by Crippen LogP contribution is 2.18. The lowest BCUT2D eigenvalue weighted by Crippen LogP contribution is -2.24. The predicted octanol–water partition coefficient (Wildman–Crippen LogP) is 0.292. The molecule has 1 heterocycles. The third-order valence-electron chi connectivity index (χ3n) is 2.04. The SMILES string of the molecule is CNc1ccc(Oc2n[nH]c(=O)[nH]c2=O)cc1. The van der Waals surface area contributed by atoms with E-state index in [0.29, 0.717) is 5.75 Å². The molecular formula is C10H10N4O3. The molecule has 0 aliphatic carbocycles. The van der Waals surface area contributed by atoms with E-state index in [9.17, 15) is 9.59 Å². The Balaban J connectivity index is 2.25. The van der Waals surface area contributed by atoms with E-state index in [1.165, 1.54) is 0 Å². The Morgan fingerprint density at radius 1 is 1.24 bits per heavy atom. The second-order valence-corrected chi connectivity index (χ2v) is 3.19. The van der Waals surface area contributed by atoms with Gasteiger partial charge in [0.25, 0.3) is 0 Å². The van der Waals surface area contributed by atoms with Crippen molar-refractivity contribution in [2.75, 3.05) is 12.4 Å². The third kappa shape index (κ3) is 2.51. The number of nitrogens with zero attached hydrogens (tertiary/aromatic N) is 1. The quantitative estimate of drug-likeness (QED) is 0.708. The number of aromatic amines is 2. The average Bonchev–Trinajstić information content (AvgIpc) is 2.34. The highest BCUT2D eigenvalue weighted by atomic mass is 16.5. The number of nitrogens with one attached hydrogen (secondary N) is 3. The van der Waals surface area contributed by atoms with Crippen LogP contribution in [-0.4, -0.2) is 22.2 Å². The van der Waals surface area contributed by atoms with Crippen LogP contribution in [0.4, 0.5) is 5.69 Å². The van der Waals surface area contributed by atoms with Crippen LogP contribution in [0.3, 0.4) is 0 Å². The van der Waals surface area contributed by atoms with Crippen LogP contribution in [0.1, 0.15) is 0 Å². The Kier molecular flexibility index (Phi) is 2.91. The number of hydrogen-bond acceptors (Lipinski definition) is 5. The van der Waals surface area contributed by atoms with Crippen LogP contribution >= 0.6 is 0 Å². The molecule has 7 heteroatoms. The second kappa shape index (κ2) is 4.52. The van der Waals surface area contributed by atoms with Gasteiger partial charge in [-0.2, -0.15) is 0 Å². The zero-order valence-corrected chi connectivity index (χ0v) is 8.98. The van der Waals surface area contributed by atoms with Gasteiger partial charge in [-0.25, -0.2) is 9.89 Å². The topological polar surface area (TPSA) is 99.9 Å². The van der Waals surface area contributed by atoms with Crippen molar-refractivity contribution >= 4 is 5.69 Å². The maximum absolute atomic E-state index is 11.3. The second-order valence-electron chi connectivity index (χ2n) is 3.19. The van der Waals surface area contributed by atoms with E-state index in [1.807, 2.05) is 4.98 Å². The summed E-state index contributed by atoms with van der Waals surface area (Å²) in [6, 6.07) is 6.93. The van der Waals surface area contributed by atoms with E-state index in [4.69, 9.17) is 4.74 Å². The van der Waals surface area contributed by atoms with Gasteiger partial charge in [-0.15, -0.1) is 5.10 Å². The van der Waals surface area contributed by atoms with E-state index >= 15 is 0 Å². The lowest BCUT2D eigenvalue weighted by Gasteiger charge is -2.04. The van der Waals surface area contributed by atoms with Gasteiger partial charge in [-0.05, 0) is 24.3 Å². The van der Waals surface area contributed by atoms with Crippen molar-refractivity contribution in [3.8, 4) is 11.6 Å². The van der Waals surface area contributed by atoms with E-state index in [-0.39, 0.29) is 5.88 Å². The molecule has 0 aliphatic rings. The lowest BCUT2D eigenvalue weighted by molar-refractivity contribution is 0.443. The molecule has 0 saturated carbocycles. The molecule has 1 aromatic heterocycles. The van der Waals surface area contributed by atoms with Crippen molar-refractivity contribution in [1.82, 2.24) is 15.2 Å². The molecule has 0 fully saturated rings. The van der Waals surface area contributed by atoms with Crippen LogP contribution in [0.25, 0.3) is 0 Å². The van der Waals surface area contributed by atoms with Crippen LogP contribution in [0.5, 0.6) is 11.6 Å². The predicted molar refractivity (Wildman–Crippen MR) is 61.5 cm³/mol. The van der Waals surface area contributed by atoms with Crippen LogP contribution in [0, 0.1) is 0 Å². The van der Waals surface area contributed by atoms with Crippen molar-refractivity contribution in [1.29, 1.82) is 0 Å². The summed E-state index contributed by atoms with van der Waals surface area (Å²) in [6.45, 7) is 0. The molecule has 0 unspecified atom stereocenters. The average molecular weight is 234 g/mol. The van der Waals surface area contributed by atoms with Crippen LogP contribution < -0.4 is 21.3 Å². The minimum atomic E-state index is -0.675. The number of benzene rings is 1. The first-order valence-corrected chi connectivity index (χ1v) is 4.84. The van der Waals surface area contributed by atoms with Gasteiger partial charge in [0.2, 0.25) is 0 Å². The summed E-state index contributed by atoms with van der Waals surface area (Å²) in [5.41, 5.74) is -0.431. The summed E-state index contributed by atoms with van der Waals surface area (Å²) in [5.74, 6) is 0.246. The number of ether oxygens (including phenoxy) is 1. The molecule has 3 N–H and O–H groups in total. The van der Waals surface area contributed by atoms with Crippen molar-refractivity contribution in [3.05, 3.63) is 45.1 Å². The molecule has 0 saturated heterocycles. The largest absolute Gasteiger partial charge is 0.434 e. The molecular weight excluding hydrogens is 224 g/mol. The minimum Gasteiger partial charge on any atom is -0.434 e. The fourth-order valence-corrected chi connectivity index (χ4v) is 1.21. The zero-order valence-electron chi connectivity index (χ0n) is 8.98. The van der Waals surface area contributed by atoms with Crippen LogP contribution in [-0.2, 0) is 0 Å². The fourth-order valence-electron chi connectivity index (χ4n) is 1.21. The highest BCUT2D eigenvalue weighted by Gasteiger charge is 2.04. The van der Waals surface area contributed by atoms with Gasteiger partial charge in [-0.3, -0.25) is 9.78 Å². The molecule has 17 heavy (non-hydrogen) atoms. The number of H-pyrrole nitrogens is 2. The Morgan fingerprint density at radius 3 is 2.53 bits per heavy atom. The smallest absolute Gasteiger partial charge is 0.342 e. The molecule has 0 amide bonds. The molecule has 7 nitrogen and oxygen atoms in total. The summed E-state index contributed by atoms with van der Waals surface area (Å²) < 4.78 is 5.21. The van der Waals surface area contributed by atoms with Gasteiger partial charge in [0.05, 0.1) is 0 Å². The molecule has 1 aromatic carbocycles.